The highest BCUT2D eigenvalue weighted by atomic mass is 35.5. The number of hydrogen-bond donors (Lipinski definition) is 1. The molecule has 1 amide bonds. The van der Waals surface area contributed by atoms with Crippen molar-refractivity contribution in [3.05, 3.63) is 63.1 Å². The van der Waals surface area contributed by atoms with Gasteiger partial charge in [-0.2, -0.15) is 0 Å². The second-order valence-electron chi connectivity index (χ2n) is 7.90. The summed E-state index contributed by atoms with van der Waals surface area (Å²) in [6, 6.07) is 9.69. The largest absolute Gasteiger partial charge is 0.462 e. The van der Waals surface area contributed by atoms with Crippen molar-refractivity contribution < 1.29 is 22.7 Å². The molecule has 0 aliphatic carbocycles. The van der Waals surface area contributed by atoms with E-state index in [1.54, 1.807) is 44.2 Å². The minimum absolute atomic E-state index is 0.167. The second kappa shape index (κ2) is 10.9. The van der Waals surface area contributed by atoms with E-state index in [1.807, 2.05) is 0 Å². The average Bonchev–Trinajstić information content (AvgIpc) is 2.77. The van der Waals surface area contributed by atoms with Gasteiger partial charge in [-0.1, -0.05) is 29.3 Å². The first-order valence-electron chi connectivity index (χ1n) is 10.6. The molecule has 2 aromatic rings. The van der Waals surface area contributed by atoms with Gasteiger partial charge in [-0.15, -0.1) is 0 Å². The van der Waals surface area contributed by atoms with E-state index in [9.17, 15) is 18.0 Å². The Kier molecular flexibility index (Phi) is 8.39. The maximum Gasteiger partial charge on any atom is 0.338 e. The minimum atomic E-state index is -3.57. The van der Waals surface area contributed by atoms with E-state index in [1.165, 1.54) is 10.4 Å². The summed E-state index contributed by atoms with van der Waals surface area (Å²) in [5.74, 6) is -1.10. The molecule has 1 N–H and O–H groups in total. The molecule has 0 saturated carbocycles. The molecule has 0 radical (unpaired) electrons. The lowest BCUT2D eigenvalue weighted by molar-refractivity contribution is -0.120. The number of carbonyl (C=O) groups excluding carboxylic acids is 2. The van der Waals surface area contributed by atoms with Crippen molar-refractivity contribution in [2.45, 2.75) is 32.4 Å². The molecule has 0 bridgehead atoms. The maximum absolute atomic E-state index is 12.8. The van der Waals surface area contributed by atoms with E-state index in [0.29, 0.717) is 39.7 Å². The van der Waals surface area contributed by atoms with Crippen LogP contribution in [0.4, 0.5) is 5.69 Å². The number of halogens is 2. The summed E-state index contributed by atoms with van der Waals surface area (Å²) in [5.41, 5.74) is 2.27. The fourth-order valence-corrected chi connectivity index (χ4v) is 5.85. The predicted octanol–water partition coefficient (Wildman–Crippen LogP) is 4.66. The predicted molar refractivity (Wildman–Crippen MR) is 129 cm³/mol. The van der Waals surface area contributed by atoms with Crippen LogP contribution in [0.15, 0.2) is 36.4 Å². The van der Waals surface area contributed by atoms with Crippen molar-refractivity contribution in [1.29, 1.82) is 0 Å². The van der Waals surface area contributed by atoms with Gasteiger partial charge in [0.25, 0.3) is 0 Å². The molecular weight excluding hydrogens is 487 g/mol. The fraction of sp³-hybridized carbons (Fsp3) is 0.391. The van der Waals surface area contributed by atoms with Crippen molar-refractivity contribution >= 4 is 50.8 Å². The van der Waals surface area contributed by atoms with Crippen LogP contribution in [0, 0.1) is 12.8 Å². The van der Waals surface area contributed by atoms with Crippen LogP contribution in [-0.4, -0.2) is 44.3 Å². The van der Waals surface area contributed by atoms with Gasteiger partial charge >= 0.3 is 5.97 Å². The smallest absolute Gasteiger partial charge is 0.338 e. The zero-order chi connectivity index (χ0) is 24.2. The monoisotopic (exact) mass is 512 g/mol. The minimum Gasteiger partial charge on any atom is -0.462 e. The van der Waals surface area contributed by atoms with Crippen molar-refractivity contribution in [3.63, 3.8) is 0 Å². The number of anilines is 1. The SMILES string of the molecule is CCOC(=O)c1ccc(NC(=O)C2CCN(S(=O)(=O)Cc3ccc(Cl)cc3Cl)CC2)c(C)c1. The number of aryl methyl sites for hydroxylation is 1. The number of piperidine rings is 1. The molecule has 0 unspecified atom stereocenters. The highest BCUT2D eigenvalue weighted by molar-refractivity contribution is 7.88. The number of nitrogens with zero attached hydrogens (tertiary/aromatic N) is 1. The van der Waals surface area contributed by atoms with Crippen LogP contribution in [-0.2, 0) is 25.3 Å². The third-order valence-electron chi connectivity index (χ3n) is 5.57. The van der Waals surface area contributed by atoms with E-state index in [2.05, 4.69) is 5.32 Å². The van der Waals surface area contributed by atoms with Crippen LogP contribution in [0.3, 0.4) is 0 Å². The Balaban J connectivity index is 1.58. The molecule has 3 rings (SSSR count). The van der Waals surface area contributed by atoms with Crippen molar-refractivity contribution in [1.82, 2.24) is 4.31 Å². The molecule has 0 spiro atoms. The second-order valence-corrected chi connectivity index (χ2v) is 10.7. The topological polar surface area (TPSA) is 92.8 Å². The molecule has 0 aromatic heterocycles. The lowest BCUT2D eigenvalue weighted by Gasteiger charge is -2.30. The van der Waals surface area contributed by atoms with E-state index >= 15 is 0 Å². The number of amides is 1. The highest BCUT2D eigenvalue weighted by Gasteiger charge is 2.31. The van der Waals surface area contributed by atoms with Crippen molar-refractivity contribution in [2.75, 3.05) is 25.0 Å². The number of nitrogens with one attached hydrogen (secondary N) is 1. The lowest BCUT2D eigenvalue weighted by Crippen LogP contribution is -2.42. The summed E-state index contributed by atoms with van der Waals surface area (Å²) < 4.78 is 32.1. The Morgan fingerprint density at radius 1 is 1.12 bits per heavy atom. The number of benzene rings is 2. The van der Waals surface area contributed by atoms with Crippen LogP contribution in [0.5, 0.6) is 0 Å². The number of ether oxygens (including phenoxy) is 1. The molecule has 1 heterocycles. The lowest BCUT2D eigenvalue weighted by atomic mass is 9.97. The Morgan fingerprint density at radius 3 is 2.42 bits per heavy atom. The summed E-state index contributed by atoms with van der Waals surface area (Å²) in [4.78, 5) is 24.6. The van der Waals surface area contributed by atoms with Crippen LogP contribution in [0.2, 0.25) is 10.0 Å². The third kappa shape index (κ3) is 6.47. The Hall–Kier alpha value is -2.13. The van der Waals surface area contributed by atoms with E-state index in [0.717, 1.165) is 5.56 Å². The number of hydrogen-bond acceptors (Lipinski definition) is 5. The van der Waals surface area contributed by atoms with E-state index in [4.69, 9.17) is 27.9 Å². The van der Waals surface area contributed by atoms with Gasteiger partial charge in [-0.3, -0.25) is 4.79 Å². The zero-order valence-electron chi connectivity index (χ0n) is 18.4. The molecule has 1 aliphatic rings. The summed E-state index contributed by atoms with van der Waals surface area (Å²) in [5, 5.41) is 3.65. The summed E-state index contributed by atoms with van der Waals surface area (Å²) in [6.07, 6.45) is 0.832. The van der Waals surface area contributed by atoms with Gasteiger partial charge in [0.15, 0.2) is 0 Å². The highest BCUT2D eigenvalue weighted by Crippen LogP contribution is 2.27. The molecule has 33 heavy (non-hydrogen) atoms. The first kappa shape index (κ1) is 25.5. The zero-order valence-corrected chi connectivity index (χ0v) is 20.8. The van der Waals surface area contributed by atoms with Gasteiger partial charge in [0.2, 0.25) is 15.9 Å². The fourth-order valence-electron chi connectivity index (χ4n) is 3.70. The van der Waals surface area contributed by atoms with Gasteiger partial charge in [-0.25, -0.2) is 17.5 Å². The molecule has 1 fully saturated rings. The maximum atomic E-state index is 12.8. The normalized spacial score (nSPS) is 15.3. The standard InChI is InChI=1S/C23H26Cl2N2O5S/c1-3-32-23(29)17-5-7-21(15(2)12-17)26-22(28)16-8-10-27(11-9-16)33(30,31)14-18-4-6-19(24)13-20(18)25/h4-7,12-13,16H,3,8-11,14H2,1-2H3,(H,26,28). The molecule has 7 nitrogen and oxygen atoms in total. The number of rotatable bonds is 7. The molecule has 1 aliphatic heterocycles. The van der Waals surface area contributed by atoms with Crippen LogP contribution in [0.1, 0.15) is 41.3 Å². The number of esters is 1. The van der Waals surface area contributed by atoms with Gasteiger partial charge < -0.3 is 10.1 Å². The van der Waals surface area contributed by atoms with Gasteiger partial charge in [0, 0.05) is 34.7 Å². The third-order valence-corrected chi connectivity index (χ3v) is 7.98. The van der Waals surface area contributed by atoms with Crippen LogP contribution < -0.4 is 5.32 Å². The first-order valence-corrected chi connectivity index (χ1v) is 13.0. The van der Waals surface area contributed by atoms with Gasteiger partial charge in [0.1, 0.15) is 0 Å². The van der Waals surface area contributed by atoms with Crippen molar-refractivity contribution in [3.8, 4) is 0 Å². The molecule has 10 heteroatoms. The summed E-state index contributed by atoms with van der Waals surface area (Å²) in [6.45, 7) is 4.34. The Labute approximate surface area is 204 Å². The van der Waals surface area contributed by atoms with Gasteiger partial charge in [-0.05, 0) is 68.1 Å². The molecule has 2 aromatic carbocycles. The molecule has 178 valence electrons. The Bertz CT molecular complexity index is 1150. The number of sulfonamides is 1. The Morgan fingerprint density at radius 2 is 1.82 bits per heavy atom. The summed E-state index contributed by atoms with van der Waals surface area (Å²) >= 11 is 12.0. The quantitative estimate of drug-likeness (QED) is 0.544. The molecule has 1 saturated heterocycles. The van der Waals surface area contributed by atoms with Crippen molar-refractivity contribution in [2.24, 2.45) is 5.92 Å². The first-order chi connectivity index (χ1) is 15.6. The summed E-state index contributed by atoms with van der Waals surface area (Å²) in [7, 11) is -3.57. The van der Waals surface area contributed by atoms with Crippen LogP contribution in [0.25, 0.3) is 0 Å². The van der Waals surface area contributed by atoms with Gasteiger partial charge in [0.05, 0.1) is 17.9 Å². The molecular formula is C23H26Cl2N2O5S. The molecule has 0 atom stereocenters. The van der Waals surface area contributed by atoms with E-state index < -0.39 is 16.0 Å². The van der Waals surface area contributed by atoms with E-state index in [-0.39, 0.29) is 37.3 Å². The average molecular weight is 513 g/mol. The number of carbonyl (C=O) groups is 2. The van der Waals surface area contributed by atoms with Crippen LogP contribution >= 0.6 is 23.2 Å².